The van der Waals surface area contributed by atoms with Crippen molar-refractivity contribution in [2.24, 2.45) is 7.05 Å². The molecule has 0 fully saturated rings. The van der Waals surface area contributed by atoms with Crippen LogP contribution in [0.5, 0.6) is 0 Å². The van der Waals surface area contributed by atoms with Crippen LogP contribution < -0.4 is 5.32 Å². The molecule has 106 valence electrons. The molecule has 0 spiro atoms. The second-order valence-electron chi connectivity index (χ2n) is 4.18. The third-order valence-electron chi connectivity index (χ3n) is 2.64. The van der Waals surface area contributed by atoms with Crippen molar-refractivity contribution in [2.45, 2.75) is 6.54 Å². The average Bonchev–Trinajstić information content (AvgIpc) is 3.10. The molecule has 3 aromatic rings. The molecule has 1 amide bonds. The number of benzene rings is 1. The number of nitrogens with one attached hydrogen (secondary N) is 1. The molecule has 2 aromatic heterocycles. The summed E-state index contributed by atoms with van der Waals surface area (Å²) < 4.78 is 1.35. The molecule has 10 heteroatoms. The quantitative estimate of drug-likeness (QED) is 0.687. The lowest BCUT2D eigenvalue weighted by atomic mass is 10.2. The van der Waals surface area contributed by atoms with Crippen LogP contribution in [-0.2, 0) is 18.4 Å². The molecule has 3 rings (SSSR count). The summed E-state index contributed by atoms with van der Waals surface area (Å²) in [5, 5.41) is 25.1. The van der Waals surface area contributed by atoms with Crippen molar-refractivity contribution >= 4 is 11.9 Å². The van der Waals surface area contributed by atoms with Crippen molar-refractivity contribution in [2.75, 3.05) is 5.32 Å². The highest BCUT2D eigenvalue weighted by Crippen LogP contribution is 2.11. The average molecular weight is 285 g/mol. The summed E-state index contributed by atoms with van der Waals surface area (Å²) in [4.78, 5) is 13.0. The van der Waals surface area contributed by atoms with Gasteiger partial charge in [0.05, 0.1) is 0 Å². The number of carbonyl (C=O) groups is 1. The lowest BCUT2D eigenvalue weighted by molar-refractivity contribution is -0.117. The molecule has 0 aliphatic carbocycles. The zero-order chi connectivity index (χ0) is 14.7. The zero-order valence-electron chi connectivity index (χ0n) is 11.1. The van der Waals surface area contributed by atoms with E-state index in [1.165, 1.54) is 9.48 Å². The molecule has 0 radical (unpaired) electrons. The van der Waals surface area contributed by atoms with Crippen LogP contribution in [0.25, 0.3) is 11.4 Å². The molecule has 0 aliphatic rings. The molecule has 0 bridgehead atoms. The molecule has 0 atom stereocenters. The fourth-order valence-electron chi connectivity index (χ4n) is 1.64. The van der Waals surface area contributed by atoms with E-state index < -0.39 is 0 Å². The van der Waals surface area contributed by atoms with E-state index in [9.17, 15) is 4.79 Å². The maximum Gasteiger partial charge on any atom is 0.250 e. The summed E-state index contributed by atoms with van der Waals surface area (Å²) in [6.07, 6.45) is 0. The summed E-state index contributed by atoms with van der Waals surface area (Å²) in [5.41, 5.74) is 0.835. The third kappa shape index (κ3) is 2.88. The minimum Gasteiger partial charge on any atom is -0.292 e. The van der Waals surface area contributed by atoms with Crippen LogP contribution in [0.2, 0.25) is 0 Å². The van der Waals surface area contributed by atoms with Gasteiger partial charge < -0.3 is 0 Å². The number of nitrogens with zero attached hydrogens (tertiary/aromatic N) is 8. The minimum atomic E-state index is -0.343. The van der Waals surface area contributed by atoms with Crippen LogP contribution >= 0.6 is 0 Å². The molecule has 0 aliphatic heterocycles. The number of hydrogen-bond acceptors (Lipinski definition) is 7. The standard InChI is InChI=1S/C11H11N9O/c1-19-11(14-16-18-19)12-9(21)7-20-15-10(13-17-20)8-5-3-2-4-6-8/h2-6H,7H2,1H3,(H,12,14,18,21). The van der Waals surface area contributed by atoms with Gasteiger partial charge >= 0.3 is 0 Å². The minimum absolute atomic E-state index is 0.0767. The molecule has 21 heavy (non-hydrogen) atoms. The van der Waals surface area contributed by atoms with Crippen molar-refractivity contribution in [1.29, 1.82) is 0 Å². The zero-order valence-corrected chi connectivity index (χ0v) is 11.1. The van der Waals surface area contributed by atoms with Crippen molar-refractivity contribution in [1.82, 2.24) is 40.4 Å². The Morgan fingerprint density at radius 2 is 2.00 bits per heavy atom. The second-order valence-corrected chi connectivity index (χ2v) is 4.18. The van der Waals surface area contributed by atoms with E-state index in [1.807, 2.05) is 30.3 Å². The normalized spacial score (nSPS) is 10.5. The Balaban J connectivity index is 1.67. The maximum atomic E-state index is 11.8. The maximum absolute atomic E-state index is 11.8. The Morgan fingerprint density at radius 1 is 1.19 bits per heavy atom. The first-order valence-electron chi connectivity index (χ1n) is 6.08. The van der Waals surface area contributed by atoms with E-state index >= 15 is 0 Å². The van der Waals surface area contributed by atoms with Gasteiger partial charge in [-0.1, -0.05) is 35.4 Å². The van der Waals surface area contributed by atoms with E-state index in [0.29, 0.717) is 5.82 Å². The summed E-state index contributed by atoms with van der Waals surface area (Å²) in [6, 6.07) is 9.39. The molecule has 10 nitrogen and oxygen atoms in total. The van der Waals surface area contributed by atoms with Gasteiger partial charge in [-0.05, 0) is 15.6 Å². The Labute approximate surface area is 118 Å². The van der Waals surface area contributed by atoms with Crippen molar-refractivity contribution in [3.63, 3.8) is 0 Å². The van der Waals surface area contributed by atoms with Crippen LogP contribution in [0.15, 0.2) is 30.3 Å². The smallest absolute Gasteiger partial charge is 0.250 e. The van der Waals surface area contributed by atoms with Gasteiger partial charge in [0.15, 0.2) is 0 Å². The number of aryl methyl sites for hydroxylation is 1. The highest BCUT2D eigenvalue weighted by Gasteiger charge is 2.11. The van der Waals surface area contributed by atoms with Crippen LogP contribution in [0.4, 0.5) is 5.95 Å². The molecular formula is C11H11N9O. The number of carbonyl (C=O) groups excluding carboxylic acids is 1. The van der Waals surface area contributed by atoms with Crippen LogP contribution in [0.1, 0.15) is 0 Å². The van der Waals surface area contributed by atoms with E-state index in [-0.39, 0.29) is 18.4 Å². The Bertz CT molecular complexity index is 748. The van der Waals surface area contributed by atoms with Gasteiger partial charge in [-0.2, -0.15) is 4.80 Å². The Hall–Kier alpha value is -3.17. The predicted octanol–water partition coefficient (Wildman–Crippen LogP) is -0.498. The van der Waals surface area contributed by atoms with E-state index in [0.717, 1.165) is 5.56 Å². The first-order chi connectivity index (χ1) is 10.2. The van der Waals surface area contributed by atoms with Crippen molar-refractivity contribution < 1.29 is 4.79 Å². The summed E-state index contributed by atoms with van der Waals surface area (Å²) in [7, 11) is 1.62. The van der Waals surface area contributed by atoms with Crippen molar-refractivity contribution in [3.8, 4) is 11.4 Å². The SMILES string of the molecule is Cn1nnnc1NC(=O)Cn1nnc(-c2ccccc2)n1. The summed E-state index contributed by atoms with van der Waals surface area (Å²) in [5.74, 6) is 0.372. The molecule has 2 heterocycles. The lowest BCUT2D eigenvalue weighted by Gasteiger charge is -2.01. The predicted molar refractivity (Wildman–Crippen MR) is 70.7 cm³/mol. The van der Waals surface area contributed by atoms with Gasteiger partial charge in [0.1, 0.15) is 6.54 Å². The van der Waals surface area contributed by atoms with Gasteiger partial charge in [0.25, 0.3) is 0 Å². The number of rotatable bonds is 4. The van der Waals surface area contributed by atoms with Gasteiger partial charge in [-0.3, -0.25) is 10.1 Å². The number of tetrazole rings is 2. The fraction of sp³-hybridized carbons (Fsp3) is 0.182. The van der Waals surface area contributed by atoms with E-state index in [2.05, 4.69) is 36.3 Å². The highest BCUT2D eigenvalue weighted by atomic mass is 16.2. The van der Waals surface area contributed by atoms with Crippen LogP contribution in [0.3, 0.4) is 0 Å². The van der Waals surface area contributed by atoms with Gasteiger partial charge in [0.2, 0.25) is 17.7 Å². The van der Waals surface area contributed by atoms with E-state index in [4.69, 9.17) is 0 Å². The lowest BCUT2D eigenvalue weighted by Crippen LogP contribution is -2.22. The Morgan fingerprint density at radius 3 is 2.71 bits per heavy atom. The molecule has 1 N–H and O–H groups in total. The molecule has 0 saturated heterocycles. The van der Waals surface area contributed by atoms with Gasteiger partial charge in [0, 0.05) is 12.6 Å². The first kappa shape index (κ1) is 12.8. The first-order valence-corrected chi connectivity index (χ1v) is 6.08. The molecule has 0 unspecified atom stereocenters. The number of hydrogen-bond donors (Lipinski definition) is 1. The van der Waals surface area contributed by atoms with Crippen LogP contribution in [-0.4, -0.2) is 46.3 Å². The largest absolute Gasteiger partial charge is 0.292 e. The monoisotopic (exact) mass is 285 g/mol. The molecular weight excluding hydrogens is 274 g/mol. The third-order valence-corrected chi connectivity index (χ3v) is 2.64. The summed E-state index contributed by atoms with van der Waals surface area (Å²) >= 11 is 0. The van der Waals surface area contributed by atoms with Gasteiger partial charge in [-0.25, -0.2) is 4.68 Å². The highest BCUT2D eigenvalue weighted by molar-refractivity contribution is 5.88. The number of aromatic nitrogens is 8. The van der Waals surface area contributed by atoms with E-state index in [1.54, 1.807) is 7.05 Å². The number of amides is 1. The Kier molecular flexibility index (Phi) is 3.33. The number of anilines is 1. The van der Waals surface area contributed by atoms with Crippen LogP contribution in [0, 0.1) is 0 Å². The molecule has 1 aromatic carbocycles. The fourth-order valence-corrected chi connectivity index (χ4v) is 1.64. The summed E-state index contributed by atoms with van der Waals surface area (Å²) in [6.45, 7) is -0.0767. The topological polar surface area (TPSA) is 116 Å². The van der Waals surface area contributed by atoms with Crippen molar-refractivity contribution in [3.05, 3.63) is 30.3 Å². The van der Waals surface area contributed by atoms with Gasteiger partial charge in [-0.15, -0.1) is 10.2 Å². The molecule has 0 saturated carbocycles. The second kappa shape index (κ2) is 5.45.